The molecule has 0 atom stereocenters. The Morgan fingerprint density at radius 2 is 1.86 bits per heavy atom. The van der Waals surface area contributed by atoms with Crippen LogP contribution in [0.5, 0.6) is 5.75 Å². The number of nitrogens with zero attached hydrogens (tertiary/aromatic N) is 2. The maximum atomic E-state index is 12.4. The number of ketones is 1. The number of Topliss-reactive ketones (excluding diaryl/α,β-unsaturated/α-hetero) is 1. The van der Waals surface area contributed by atoms with Crippen molar-refractivity contribution in [1.29, 1.82) is 0 Å². The average Bonchev–Trinajstić information content (AvgIpc) is 2.67. The highest BCUT2D eigenvalue weighted by molar-refractivity contribution is 6.32. The minimum absolute atomic E-state index is 0.241. The van der Waals surface area contributed by atoms with E-state index in [-0.39, 0.29) is 18.1 Å². The fraction of sp³-hybridized carbons (Fsp3) is 0.333. The molecule has 28 heavy (non-hydrogen) atoms. The first kappa shape index (κ1) is 21.2. The van der Waals surface area contributed by atoms with Gasteiger partial charge in [-0.15, -0.1) is 0 Å². The summed E-state index contributed by atoms with van der Waals surface area (Å²) in [5, 5.41) is 0.320. The molecule has 0 saturated heterocycles. The summed E-state index contributed by atoms with van der Waals surface area (Å²) in [6.07, 6.45) is 0.574. The van der Waals surface area contributed by atoms with Crippen molar-refractivity contribution in [2.24, 2.45) is 7.05 Å². The maximum absolute atomic E-state index is 12.4. The van der Waals surface area contributed by atoms with Crippen LogP contribution in [0.3, 0.4) is 0 Å². The van der Waals surface area contributed by atoms with Crippen LogP contribution in [0.15, 0.2) is 33.9 Å². The molecule has 0 amide bonds. The van der Waals surface area contributed by atoms with Crippen LogP contribution >= 0.6 is 11.6 Å². The molecule has 0 aliphatic rings. The first-order valence-electron chi connectivity index (χ1n) is 8.43. The molecule has 2 rings (SSSR count). The van der Waals surface area contributed by atoms with Crippen molar-refractivity contribution in [2.75, 3.05) is 18.9 Å². The second-order valence-electron chi connectivity index (χ2n) is 5.86. The molecule has 0 fully saturated rings. The summed E-state index contributed by atoms with van der Waals surface area (Å²) < 4.78 is 12.0. The third-order valence-corrected chi connectivity index (χ3v) is 4.17. The Morgan fingerprint density at radius 1 is 1.18 bits per heavy atom. The van der Waals surface area contributed by atoms with Crippen LogP contribution < -0.4 is 21.7 Å². The molecule has 0 saturated carbocycles. The molecular formula is C18H20ClN3O6. The SMILES string of the molecule is CCCn1c(N)c(C(=O)COC(=O)COc2ccccc2Cl)c(=O)n(C)c1=O. The predicted octanol–water partition coefficient (Wildman–Crippen LogP) is 0.997. The molecule has 9 nitrogen and oxygen atoms in total. The number of halogens is 1. The number of rotatable bonds is 8. The van der Waals surface area contributed by atoms with Gasteiger partial charge in [-0.1, -0.05) is 30.7 Å². The van der Waals surface area contributed by atoms with Gasteiger partial charge in [-0.2, -0.15) is 0 Å². The van der Waals surface area contributed by atoms with Crippen LogP contribution in [0.4, 0.5) is 5.82 Å². The van der Waals surface area contributed by atoms with Crippen molar-refractivity contribution < 1.29 is 19.1 Å². The monoisotopic (exact) mass is 409 g/mol. The van der Waals surface area contributed by atoms with Gasteiger partial charge in [-0.25, -0.2) is 9.59 Å². The van der Waals surface area contributed by atoms with Crippen molar-refractivity contribution >= 4 is 29.2 Å². The van der Waals surface area contributed by atoms with Crippen LogP contribution in [0.2, 0.25) is 5.02 Å². The lowest BCUT2D eigenvalue weighted by Gasteiger charge is -2.14. The number of nitrogens with two attached hydrogens (primary N) is 1. The molecule has 10 heteroatoms. The minimum Gasteiger partial charge on any atom is -0.480 e. The number of carbonyl (C=O) groups is 2. The van der Waals surface area contributed by atoms with E-state index >= 15 is 0 Å². The second kappa shape index (κ2) is 9.23. The van der Waals surface area contributed by atoms with Gasteiger partial charge in [-0.3, -0.25) is 18.7 Å². The molecule has 0 radical (unpaired) electrons. The molecule has 2 aromatic rings. The number of benzene rings is 1. The van der Waals surface area contributed by atoms with Gasteiger partial charge < -0.3 is 15.2 Å². The van der Waals surface area contributed by atoms with Crippen LogP contribution in [0.1, 0.15) is 23.7 Å². The number of hydrogen-bond donors (Lipinski definition) is 1. The molecule has 1 heterocycles. The van der Waals surface area contributed by atoms with E-state index in [2.05, 4.69) is 0 Å². The van der Waals surface area contributed by atoms with Crippen molar-refractivity contribution in [2.45, 2.75) is 19.9 Å². The molecule has 1 aromatic heterocycles. The van der Waals surface area contributed by atoms with E-state index in [0.717, 1.165) is 9.13 Å². The first-order chi connectivity index (χ1) is 13.3. The van der Waals surface area contributed by atoms with Gasteiger partial charge in [-0.05, 0) is 18.6 Å². The molecule has 0 aliphatic carbocycles. The lowest BCUT2D eigenvalue weighted by molar-refractivity contribution is -0.144. The Bertz CT molecular complexity index is 1010. The standard InChI is InChI=1S/C18H20ClN3O6/c1-3-8-22-16(20)15(17(25)21(2)18(22)26)12(23)9-28-14(24)10-27-13-7-5-4-6-11(13)19/h4-7H,3,8-10,20H2,1-2H3. The van der Waals surface area contributed by atoms with E-state index in [4.69, 9.17) is 26.8 Å². The van der Waals surface area contributed by atoms with E-state index < -0.39 is 41.8 Å². The highest BCUT2D eigenvalue weighted by atomic mass is 35.5. The molecule has 2 N–H and O–H groups in total. The maximum Gasteiger partial charge on any atom is 0.344 e. The molecule has 0 unspecified atom stereocenters. The van der Waals surface area contributed by atoms with Crippen LogP contribution in [0, 0.1) is 0 Å². The normalized spacial score (nSPS) is 10.5. The summed E-state index contributed by atoms with van der Waals surface area (Å²) >= 11 is 5.91. The summed E-state index contributed by atoms with van der Waals surface area (Å²) in [7, 11) is 1.25. The molecule has 1 aromatic carbocycles. The van der Waals surface area contributed by atoms with Gasteiger partial charge >= 0.3 is 11.7 Å². The summed E-state index contributed by atoms with van der Waals surface area (Å²) in [6.45, 7) is 0.873. The zero-order valence-electron chi connectivity index (χ0n) is 15.4. The molecule has 0 aliphatic heterocycles. The van der Waals surface area contributed by atoms with Crippen molar-refractivity contribution in [1.82, 2.24) is 9.13 Å². The molecule has 0 bridgehead atoms. The van der Waals surface area contributed by atoms with E-state index in [1.165, 1.54) is 7.05 Å². The van der Waals surface area contributed by atoms with E-state index in [1.807, 2.05) is 6.92 Å². The largest absolute Gasteiger partial charge is 0.480 e. The van der Waals surface area contributed by atoms with Gasteiger partial charge in [0.1, 0.15) is 17.1 Å². The number of para-hydroxylation sites is 1. The highest BCUT2D eigenvalue weighted by Gasteiger charge is 2.22. The van der Waals surface area contributed by atoms with Crippen molar-refractivity contribution in [3.8, 4) is 5.75 Å². The Hall–Kier alpha value is -3.07. The van der Waals surface area contributed by atoms with Crippen molar-refractivity contribution in [3.63, 3.8) is 0 Å². The Balaban J connectivity index is 2.09. The summed E-state index contributed by atoms with van der Waals surface area (Å²) in [4.78, 5) is 48.6. The predicted molar refractivity (Wildman–Crippen MR) is 103 cm³/mol. The number of aromatic nitrogens is 2. The lowest BCUT2D eigenvalue weighted by atomic mass is 10.2. The number of nitrogen functional groups attached to an aromatic ring is 1. The summed E-state index contributed by atoms with van der Waals surface area (Å²) in [5.74, 6) is -1.60. The summed E-state index contributed by atoms with van der Waals surface area (Å²) in [6, 6.07) is 6.55. The summed E-state index contributed by atoms with van der Waals surface area (Å²) in [5.41, 5.74) is 3.99. The number of anilines is 1. The fourth-order valence-corrected chi connectivity index (χ4v) is 2.63. The Morgan fingerprint density at radius 3 is 2.50 bits per heavy atom. The van der Waals surface area contributed by atoms with Gasteiger partial charge in [0.25, 0.3) is 5.56 Å². The molecule has 0 spiro atoms. The zero-order valence-corrected chi connectivity index (χ0v) is 16.2. The first-order valence-corrected chi connectivity index (χ1v) is 8.81. The van der Waals surface area contributed by atoms with Gasteiger partial charge in [0, 0.05) is 13.6 Å². The zero-order chi connectivity index (χ0) is 20.8. The molecule has 150 valence electrons. The van der Waals surface area contributed by atoms with E-state index in [9.17, 15) is 19.2 Å². The Kier molecular flexibility index (Phi) is 7.00. The lowest BCUT2D eigenvalue weighted by Crippen LogP contribution is -2.43. The smallest absolute Gasteiger partial charge is 0.344 e. The van der Waals surface area contributed by atoms with E-state index in [1.54, 1.807) is 24.3 Å². The van der Waals surface area contributed by atoms with Gasteiger partial charge in [0.2, 0.25) is 5.78 Å². The third-order valence-electron chi connectivity index (χ3n) is 3.86. The van der Waals surface area contributed by atoms with Crippen molar-refractivity contribution in [3.05, 3.63) is 55.7 Å². The second-order valence-corrected chi connectivity index (χ2v) is 6.27. The number of hydrogen-bond acceptors (Lipinski definition) is 7. The van der Waals surface area contributed by atoms with Crippen LogP contribution in [-0.4, -0.2) is 34.1 Å². The van der Waals surface area contributed by atoms with Crippen LogP contribution in [0.25, 0.3) is 0 Å². The topological polar surface area (TPSA) is 123 Å². The Labute approximate surface area is 165 Å². The minimum atomic E-state index is -0.844. The number of ether oxygens (including phenoxy) is 2. The van der Waals surface area contributed by atoms with Gasteiger partial charge in [0.05, 0.1) is 5.02 Å². The number of carbonyl (C=O) groups excluding carboxylic acids is 2. The van der Waals surface area contributed by atoms with Crippen LogP contribution in [-0.2, 0) is 23.1 Å². The van der Waals surface area contributed by atoms with Gasteiger partial charge in [0.15, 0.2) is 13.2 Å². The average molecular weight is 410 g/mol. The quantitative estimate of drug-likeness (QED) is 0.509. The van der Waals surface area contributed by atoms with E-state index in [0.29, 0.717) is 11.4 Å². The number of esters is 1. The third kappa shape index (κ3) is 4.61. The molecular weight excluding hydrogens is 390 g/mol. The fourth-order valence-electron chi connectivity index (χ4n) is 2.44. The highest BCUT2D eigenvalue weighted by Crippen LogP contribution is 2.22.